The van der Waals surface area contributed by atoms with Gasteiger partial charge in [0.1, 0.15) is 0 Å². The fourth-order valence-corrected chi connectivity index (χ4v) is 4.96. The summed E-state index contributed by atoms with van der Waals surface area (Å²) in [7, 11) is -2.91. The second-order valence-electron chi connectivity index (χ2n) is 6.32. The number of hydrogen-bond acceptors (Lipinski definition) is 3. The van der Waals surface area contributed by atoms with E-state index in [1.165, 1.54) is 38.4 Å². The highest BCUT2D eigenvalue weighted by molar-refractivity contribution is 7.92. The van der Waals surface area contributed by atoms with Crippen LogP contribution in [-0.2, 0) is 9.84 Å². The van der Waals surface area contributed by atoms with E-state index in [9.17, 15) is 8.42 Å². The van der Waals surface area contributed by atoms with E-state index in [-0.39, 0.29) is 0 Å². The maximum Gasteiger partial charge on any atom is 0.154 e. The predicted molar refractivity (Wildman–Crippen MR) is 64.1 cm³/mol. The average molecular weight is 243 g/mol. The van der Waals surface area contributed by atoms with Crippen molar-refractivity contribution in [3.63, 3.8) is 0 Å². The quantitative estimate of drug-likeness (QED) is 0.813. The predicted octanol–water partition coefficient (Wildman–Crippen LogP) is 1.49. The summed E-state index contributed by atoms with van der Waals surface area (Å²) in [5, 5.41) is 3.41. The molecule has 0 bridgehead atoms. The Labute approximate surface area is 97.9 Å². The van der Waals surface area contributed by atoms with E-state index in [0.717, 1.165) is 12.8 Å². The molecule has 92 valence electrons. The summed E-state index contributed by atoms with van der Waals surface area (Å²) in [5.74, 6) is 0. The van der Waals surface area contributed by atoms with Crippen LogP contribution in [0.2, 0.25) is 0 Å². The van der Waals surface area contributed by atoms with Gasteiger partial charge in [-0.2, -0.15) is 0 Å². The minimum atomic E-state index is -2.91. The molecule has 0 amide bonds. The van der Waals surface area contributed by atoms with E-state index in [4.69, 9.17) is 0 Å². The van der Waals surface area contributed by atoms with Gasteiger partial charge < -0.3 is 5.32 Å². The number of hydrogen-bond donors (Lipinski definition) is 1. The first-order chi connectivity index (χ1) is 7.45. The first-order valence-corrected chi connectivity index (χ1v) is 8.27. The zero-order valence-corrected chi connectivity index (χ0v) is 10.8. The molecule has 0 aromatic carbocycles. The number of nitrogens with one attached hydrogen (secondary N) is 1. The molecule has 0 atom stereocenters. The first kappa shape index (κ1) is 11.0. The lowest BCUT2D eigenvalue weighted by Crippen LogP contribution is -2.63. The molecule has 0 aromatic rings. The molecule has 1 N–H and O–H groups in total. The highest BCUT2D eigenvalue weighted by Gasteiger charge is 2.61. The molecule has 4 heteroatoms. The van der Waals surface area contributed by atoms with E-state index in [2.05, 4.69) is 5.32 Å². The second kappa shape index (κ2) is 3.22. The van der Waals surface area contributed by atoms with E-state index >= 15 is 0 Å². The fraction of sp³-hybridized carbons (Fsp3) is 1.00. The van der Waals surface area contributed by atoms with Crippen LogP contribution in [-0.4, -0.2) is 32.0 Å². The fourth-order valence-electron chi connectivity index (χ4n) is 3.48. The Hall–Kier alpha value is -0.0900. The van der Waals surface area contributed by atoms with Crippen LogP contribution in [0.1, 0.15) is 44.9 Å². The van der Waals surface area contributed by atoms with E-state index < -0.39 is 14.6 Å². The van der Waals surface area contributed by atoms with Crippen LogP contribution in [0, 0.1) is 5.41 Å². The van der Waals surface area contributed by atoms with Gasteiger partial charge in [0, 0.05) is 18.8 Å². The van der Waals surface area contributed by atoms with Crippen LogP contribution in [0.3, 0.4) is 0 Å². The average Bonchev–Trinajstić information content (AvgIpc) is 2.79. The normalized spacial score (nSPS) is 30.8. The van der Waals surface area contributed by atoms with Gasteiger partial charge in [0.15, 0.2) is 9.84 Å². The summed E-state index contributed by atoms with van der Waals surface area (Å²) in [4.78, 5) is 0. The molecule has 3 aliphatic carbocycles. The Bertz CT molecular complexity index is 385. The highest BCUT2D eigenvalue weighted by Crippen LogP contribution is 2.62. The standard InChI is InChI=1S/C12H21NO2S/c1-16(14,15)12(9-13-10-3-4-10)7-11(8-12)5-2-6-11/h10,13H,2-9H2,1H3. The maximum atomic E-state index is 12.0. The van der Waals surface area contributed by atoms with E-state index in [1.54, 1.807) is 0 Å². The molecule has 3 rings (SSSR count). The van der Waals surface area contributed by atoms with Crippen molar-refractivity contribution in [1.29, 1.82) is 0 Å². The minimum absolute atomic E-state index is 0.421. The Morgan fingerprint density at radius 2 is 1.88 bits per heavy atom. The molecule has 3 saturated carbocycles. The van der Waals surface area contributed by atoms with Gasteiger partial charge in [-0.1, -0.05) is 6.42 Å². The van der Waals surface area contributed by atoms with Gasteiger partial charge in [-0.25, -0.2) is 8.42 Å². The van der Waals surface area contributed by atoms with Gasteiger partial charge in [-0.15, -0.1) is 0 Å². The van der Waals surface area contributed by atoms with Crippen molar-refractivity contribution in [3.05, 3.63) is 0 Å². The van der Waals surface area contributed by atoms with Crippen molar-refractivity contribution in [1.82, 2.24) is 5.32 Å². The van der Waals surface area contributed by atoms with Crippen LogP contribution in [0.5, 0.6) is 0 Å². The highest BCUT2D eigenvalue weighted by atomic mass is 32.2. The van der Waals surface area contributed by atoms with E-state index in [0.29, 0.717) is 18.0 Å². The van der Waals surface area contributed by atoms with Gasteiger partial charge in [0.05, 0.1) is 4.75 Å². The molecular weight excluding hydrogens is 222 g/mol. The Morgan fingerprint density at radius 1 is 1.25 bits per heavy atom. The summed E-state index contributed by atoms with van der Waals surface area (Å²) in [6.07, 6.45) is 9.53. The largest absolute Gasteiger partial charge is 0.312 e. The number of sulfone groups is 1. The molecule has 3 nitrogen and oxygen atoms in total. The van der Waals surface area contributed by atoms with Gasteiger partial charge in [-0.3, -0.25) is 0 Å². The Kier molecular flexibility index (Phi) is 2.22. The summed E-state index contributed by atoms with van der Waals surface area (Å²) in [6, 6.07) is 0.608. The third-order valence-electron chi connectivity index (χ3n) is 4.89. The van der Waals surface area contributed by atoms with Crippen molar-refractivity contribution in [2.24, 2.45) is 5.41 Å². The second-order valence-corrected chi connectivity index (χ2v) is 8.73. The van der Waals surface area contributed by atoms with Crippen molar-refractivity contribution in [2.45, 2.75) is 55.7 Å². The molecule has 1 spiro atoms. The monoisotopic (exact) mass is 243 g/mol. The Balaban J connectivity index is 1.69. The minimum Gasteiger partial charge on any atom is -0.312 e. The molecule has 0 aromatic heterocycles. The molecule has 16 heavy (non-hydrogen) atoms. The van der Waals surface area contributed by atoms with Gasteiger partial charge >= 0.3 is 0 Å². The Morgan fingerprint density at radius 3 is 2.25 bits per heavy atom. The lowest BCUT2D eigenvalue weighted by molar-refractivity contribution is -0.00844. The van der Waals surface area contributed by atoms with Crippen LogP contribution >= 0.6 is 0 Å². The lowest BCUT2D eigenvalue weighted by atomic mass is 9.51. The summed E-state index contributed by atoms with van der Waals surface area (Å²) < 4.78 is 23.5. The van der Waals surface area contributed by atoms with Crippen LogP contribution < -0.4 is 5.32 Å². The molecule has 3 aliphatic rings. The molecule has 0 unspecified atom stereocenters. The smallest absolute Gasteiger partial charge is 0.154 e. The van der Waals surface area contributed by atoms with Crippen molar-refractivity contribution in [2.75, 3.05) is 12.8 Å². The zero-order chi connectivity index (χ0) is 11.4. The summed E-state index contributed by atoms with van der Waals surface area (Å²) in [6.45, 7) is 0.693. The zero-order valence-electron chi connectivity index (χ0n) is 9.96. The van der Waals surface area contributed by atoms with Crippen LogP contribution in [0.15, 0.2) is 0 Å². The SMILES string of the molecule is CS(=O)(=O)C1(CNC2CC2)CC2(CCC2)C1. The number of rotatable bonds is 4. The molecule has 0 radical (unpaired) electrons. The molecule has 0 heterocycles. The summed E-state index contributed by atoms with van der Waals surface area (Å²) in [5.41, 5.74) is 0.425. The van der Waals surface area contributed by atoms with E-state index in [1.807, 2.05) is 0 Å². The van der Waals surface area contributed by atoms with Crippen molar-refractivity contribution in [3.8, 4) is 0 Å². The maximum absolute atomic E-state index is 12.0. The summed E-state index contributed by atoms with van der Waals surface area (Å²) >= 11 is 0. The van der Waals surface area contributed by atoms with Crippen molar-refractivity contribution >= 4 is 9.84 Å². The van der Waals surface area contributed by atoms with Crippen LogP contribution in [0.4, 0.5) is 0 Å². The van der Waals surface area contributed by atoms with Gasteiger partial charge in [0.25, 0.3) is 0 Å². The van der Waals surface area contributed by atoms with Gasteiger partial charge in [0.2, 0.25) is 0 Å². The molecule has 3 fully saturated rings. The molecule has 0 aliphatic heterocycles. The third-order valence-corrected chi connectivity index (χ3v) is 6.89. The third kappa shape index (κ3) is 1.61. The first-order valence-electron chi connectivity index (χ1n) is 6.38. The molecular formula is C12H21NO2S. The molecule has 0 saturated heterocycles. The topological polar surface area (TPSA) is 46.2 Å². The van der Waals surface area contributed by atoms with Gasteiger partial charge in [-0.05, 0) is 43.9 Å². The van der Waals surface area contributed by atoms with Crippen LogP contribution in [0.25, 0.3) is 0 Å². The lowest BCUT2D eigenvalue weighted by Gasteiger charge is -2.60. The van der Waals surface area contributed by atoms with Crippen molar-refractivity contribution < 1.29 is 8.42 Å².